The van der Waals surface area contributed by atoms with Crippen molar-refractivity contribution < 1.29 is 19.5 Å². The van der Waals surface area contributed by atoms with Crippen molar-refractivity contribution in [2.24, 2.45) is 0 Å². The highest BCUT2D eigenvalue weighted by Crippen LogP contribution is 2.30. The zero-order valence-electron chi connectivity index (χ0n) is 20.7. The lowest BCUT2D eigenvalue weighted by molar-refractivity contribution is -0.757. The van der Waals surface area contributed by atoms with Crippen LogP contribution in [-0.2, 0) is 33.9 Å². The van der Waals surface area contributed by atoms with Crippen molar-refractivity contribution in [1.82, 2.24) is 30.2 Å². The fourth-order valence-corrected chi connectivity index (χ4v) is 4.21. The highest BCUT2D eigenvalue weighted by atomic mass is 35.5. The SMILES string of the molecule is CCCCc1nc(Cl)c(COC(=O)CCO[N+](=O)[O-])n1Cc1ccc(-c2ccccc2-c2nn[nH]n2)cc1. The molecule has 2 heterocycles. The second-order valence-electron chi connectivity index (χ2n) is 8.40. The number of H-pyrrole nitrogens is 1. The summed E-state index contributed by atoms with van der Waals surface area (Å²) < 4.78 is 7.27. The lowest BCUT2D eigenvalue weighted by atomic mass is 9.98. The maximum absolute atomic E-state index is 12.0. The Morgan fingerprint density at radius 3 is 2.61 bits per heavy atom. The summed E-state index contributed by atoms with van der Waals surface area (Å²) in [6.45, 7) is 2.09. The Bertz CT molecular complexity index is 1370. The van der Waals surface area contributed by atoms with Crippen LogP contribution in [0.3, 0.4) is 0 Å². The van der Waals surface area contributed by atoms with E-state index in [1.54, 1.807) is 0 Å². The van der Waals surface area contributed by atoms with E-state index in [0.29, 0.717) is 18.1 Å². The van der Waals surface area contributed by atoms with Gasteiger partial charge in [-0.1, -0.05) is 73.5 Å². The Morgan fingerprint density at radius 1 is 1.16 bits per heavy atom. The van der Waals surface area contributed by atoms with Crippen molar-refractivity contribution in [2.45, 2.75) is 45.8 Å². The van der Waals surface area contributed by atoms with Crippen molar-refractivity contribution >= 4 is 17.6 Å². The number of nitrogens with zero attached hydrogens (tertiary/aromatic N) is 6. The maximum atomic E-state index is 12.0. The predicted octanol–water partition coefficient (Wildman–Crippen LogP) is 4.42. The van der Waals surface area contributed by atoms with Gasteiger partial charge >= 0.3 is 5.97 Å². The number of aromatic nitrogens is 6. The number of halogens is 1. The number of aryl methyl sites for hydroxylation is 1. The summed E-state index contributed by atoms with van der Waals surface area (Å²) in [4.78, 5) is 31.0. The number of hydrogen-bond acceptors (Lipinski definition) is 9. The standard InChI is InChI=1S/C25H26ClN7O5/c1-2-3-8-22-27-24(26)21(16-37-23(34)13-14-38-33(35)36)32(22)15-17-9-11-18(12-10-17)19-6-4-5-7-20(19)25-28-30-31-29-25/h4-7,9-12H,2-3,8,13-16H2,1H3,(H,28,29,30,31). The number of carbonyl (C=O) groups excluding carboxylic acids is 1. The molecule has 0 radical (unpaired) electrons. The van der Waals surface area contributed by atoms with Crippen LogP contribution in [0.5, 0.6) is 0 Å². The Morgan fingerprint density at radius 2 is 1.92 bits per heavy atom. The van der Waals surface area contributed by atoms with Crippen molar-refractivity contribution in [2.75, 3.05) is 6.61 Å². The van der Waals surface area contributed by atoms with Gasteiger partial charge < -0.3 is 14.1 Å². The van der Waals surface area contributed by atoms with Crippen molar-refractivity contribution in [3.63, 3.8) is 0 Å². The van der Waals surface area contributed by atoms with E-state index in [1.165, 1.54) is 0 Å². The van der Waals surface area contributed by atoms with Gasteiger partial charge in [0.1, 0.15) is 19.0 Å². The van der Waals surface area contributed by atoms with E-state index in [1.807, 2.05) is 53.1 Å². The fourth-order valence-electron chi connectivity index (χ4n) is 3.96. The number of ether oxygens (including phenoxy) is 1. The van der Waals surface area contributed by atoms with Crippen LogP contribution >= 0.6 is 11.6 Å². The molecular weight excluding hydrogens is 514 g/mol. The van der Waals surface area contributed by atoms with Crippen molar-refractivity contribution in [3.8, 4) is 22.5 Å². The molecule has 0 spiro atoms. The number of aromatic amines is 1. The lowest BCUT2D eigenvalue weighted by Crippen LogP contribution is -2.14. The van der Waals surface area contributed by atoms with Crippen LogP contribution in [0.25, 0.3) is 22.5 Å². The Balaban J connectivity index is 1.53. The Hall–Kier alpha value is -4.32. The summed E-state index contributed by atoms with van der Waals surface area (Å²) in [5.41, 5.74) is 4.40. The first-order valence-electron chi connectivity index (χ1n) is 12.0. The predicted molar refractivity (Wildman–Crippen MR) is 137 cm³/mol. The molecule has 4 rings (SSSR count). The summed E-state index contributed by atoms with van der Waals surface area (Å²) >= 11 is 6.44. The van der Waals surface area contributed by atoms with E-state index < -0.39 is 11.1 Å². The minimum atomic E-state index is -0.950. The van der Waals surface area contributed by atoms with Crippen LogP contribution in [0.1, 0.15) is 43.3 Å². The normalized spacial score (nSPS) is 10.9. The smallest absolute Gasteiger partial charge is 0.308 e. The Kier molecular flexibility index (Phi) is 8.98. The number of benzene rings is 2. The molecule has 0 unspecified atom stereocenters. The van der Waals surface area contributed by atoms with Crippen LogP contribution in [0.4, 0.5) is 0 Å². The summed E-state index contributed by atoms with van der Waals surface area (Å²) in [5.74, 6) is 0.684. The summed E-state index contributed by atoms with van der Waals surface area (Å²) in [6.07, 6.45) is 2.38. The third kappa shape index (κ3) is 6.71. The third-order valence-corrected chi connectivity index (χ3v) is 6.15. The van der Waals surface area contributed by atoms with Gasteiger partial charge in [-0.3, -0.25) is 4.79 Å². The molecule has 0 atom stereocenters. The van der Waals surface area contributed by atoms with E-state index in [4.69, 9.17) is 16.3 Å². The number of esters is 1. The van der Waals surface area contributed by atoms with Crippen LogP contribution in [0.15, 0.2) is 48.5 Å². The van der Waals surface area contributed by atoms with Crippen LogP contribution in [0, 0.1) is 10.1 Å². The fraction of sp³-hybridized carbons (Fsp3) is 0.320. The largest absolute Gasteiger partial charge is 0.459 e. The number of hydrogen-bond donors (Lipinski definition) is 1. The molecule has 2 aromatic heterocycles. The maximum Gasteiger partial charge on any atom is 0.308 e. The molecule has 2 aromatic carbocycles. The monoisotopic (exact) mass is 539 g/mol. The summed E-state index contributed by atoms with van der Waals surface area (Å²) in [6, 6.07) is 15.9. The first kappa shape index (κ1) is 26.7. The number of tetrazole rings is 1. The van der Waals surface area contributed by atoms with Gasteiger partial charge in [0.05, 0.1) is 12.1 Å². The molecule has 0 bridgehead atoms. The van der Waals surface area contributed by atoms with E-state index in [-0.39, 0.29) is 24.8 Å². The number of unbranched alkanes of at least 4 members (excludes halogenated alkanes) is 1. The molecule has 198 valence electrons. The highest BCUT2D eigenvalue weighted by molar-refractivity contribution is 6.30. The minimum Gasteiger partial charge on any atom is -0.459 e. The molecular formula is C25H26ClN7O5. The van der Waals surface area contributed by atoms with Gasteiger partial charge in [0.25, 0.3) is 5.09 Å². The lowest BCUT2D eigenvalue weighted by Gasteiger charge is -2.14. The van der Waals surface area contributed by atoms with Crippen LogP contribution < -0.4 is 0 Å². The first-order valence-corrected chi connectivity index (χ1v) is 12.4. The quantitative estimate of drug-likeness (QED) is 0.148. The number of nitrogens with one attached hydrogen (secondary N) is 1. The van der Waals surface area contributed by atoms with Gasteiger partial charge in [-0.05, 0) is 28.3 Å². The number of imidazole rings is 1. The number of rotatable bonds is 13. The summed E-state index contributed by atoms with van der Waals surface area (Å²) in [5, 5.41) is 23.9. The molecule has 12 nitrogen and oxygen atoms in total. The highest BCUT2D eigenvalue weighted by Gasteiger charge is 2.18. The first-order chi connectivity index (χ1) is 18.5. The average Bonchev–Trinajstić information content (AvgIpc) is 3.55. The molecule has 38 heavy (non-hydrogen) atoms. The molecule has 13 heteroatoms. The van der Waals surface area contributed by atoms with Gasteiger partial charge in [-0.25, -0.2) is 4.98 Å². The minimum absolute atomic E-state index is 0.106. The van der Waals surface area contributed by atoms with E-state index >= 15 is 0 Å². The molecule has 0 saturated heterocycles. The molecule has 0 aliphatic heterocycles. The van der Waals surface area contributed by atoms with Crippen LogP contribution in [-0.4, -0.2) is 47.8 Å². The molecule has 4 aromatic rings. The zero-order chi connectivity index (χ0) is 26.9. The van der Waals surface area contributed by atoms with Gasteiger partial charge in [0.15, 0.2) is 5.15 Å². The average molecular weight is 540 g/mol. The second kappa shape index (κ2) is 12.8. The molecule has 0 fully saturated rings. The molecule has 1 N–H and O–H groups in total. The van der Waals surface area contributed by atoms with Crippen LogP contribution in [0.2, 0.25) is 5.15 Å². The van der Waals surface area contributed by atoms with Crippen molar-refractivity contribution in [1.29, 1.82) is 0 Å². The van der Waals surface area contributed by atoms with E-state index in [9.17, 15) is 14.9 Å². The van der Waals surface area contributed by atoms with Crippen molar-refractivity contribution in [3.05, 3.63) is 80.9 Å². The summed E-state index contributed by atoms with van der Waals surface area (Å²) in [7, 11) is 0. The van der Waals surface area contributed by atoms with E-state index in [0.717, 1.165) is 47.3 Å². The molecule has 0 aliphatic carbocycles. The van der Waals surface area contributed by atoms with Gasteiger partial charge in [0.2, 0.25) is 5.82 Å². The Labute approximate surface area is 223 Å². The van der Waals surface area contributed by atoms with Gasteiger partial charge in [0, 0.05) is 18.5 Å². The third-order valence-electron chi connectivity index (χ3n) is 5.85. The van der Waals surface area contributed by atoms with Gasteiger partial charge in [-0.15, -0.1) is 20.3 Å². The molecule has 0 aliphatic rings. The topological polar surface area (TPSA) is 151 Å². The van der Waals surface area contributed by atoms with Gasteiger partial charge in [-0.2, -0.15) is 5.21 Å². The number of carbonyl (C=O) groups is 1. The van der Waals surface area contributed by atoms with E-state index in [2.05, 4.69) is 37.4 Å². The second-order valence-corrected chi connectivity index (χ2v) is 8.76. The zero-order valence-corrected chi connectivity index (χ0v) is 21.4. The molecule has 0 amide bonds. The molecule has 0 saturated carbocycles.